The fourth-order valence-electron chi connectivity index (χ4n) is 1.43. The maximum Gasteiger partial charge on any atom is 0.308 e. The van der Waals surface area contributed by atoms with Gasteiger partial charge in [0.25, 0.3) is 0 Å². The van der Waals surface area contributed by atoms with Crippen LogP contribution in [0.5, 0.6) is 17.2 Å². The topological polar surface area (TPSA) is 44.8 Å². The van der Waals surface area contributed by atoms with Crippen molar-refractivity contribution < 1.29 is 19.0 Å². The molecule has 0 aromatic heterocycles. The van der Waals surface area contributed by atoms with Crippen molar-refractivity contribution in [1.82, 2.24) is 0 Å². The van der Waals surface area contributed by atoms with E-state index in [2.05, 4.69) is 12.6 Å². The molecular weight excluding hydrogens is 252 g/mol. The number of esters is 1. The highest BCUT2D eigenvalue weighted by atomic mass is 32.1. The van der Waals surface area contributed by atoms with Crippen LogP contribution in [0.1, 0.15) is 12.5 Å². The Balaban J connectivity index is 3.24. The van der Waals surface area contributed by atoms with Crippen LogP contribution < -0.4 is 14.2 Å². The maximum absolute atomic E-state index is 11.0. The first-order valence-electron chi connectivity index (χ1n) is 5.34. The van der Waals surface area contributed by atoms with Crippen LogP contribution in [0.3, 0.4) is 0 Å². The van der Waals surface area contributed by atoms with E-state index in [4.69, 9.17) is 14.2 Å². The van der Waals surface area contributed by atoms with Crippen LogP contribution in [-0.2, 0) is 4.79 Å². The van der Waals surface area contributed by atoms with Crippen LogP contribution in [0.2, 0.25) is 0 Å². The second kappa shape index (κ2) is 6.96. The molecule has 1 rings (SSSR count). The molecule has 0 spiro atoms. The summed E-state index contributed by atoms with van der Waals surface area (Å²) in [6.07, 6.45) is 3.78. The summed E-state index contributed by atoms with van der Waals surface area (Å²) in [5.41, 5.74) is 0.883. The molecule has 1 aromatic rings. The molecule has 0 saturated carbocycles. The molecule has 0 N–H and O–H groups in total. The van der Waals surface area contributed by atoms with Crippen molar-refractivity contribution in [1.29, 1.82) is 0 Å². The van der Waals surface area contributed by atoms with Crippen molar-refractivity contribution in [3.63, 3.8) is 0 Å². The fourth-order valence-corrected chi connectivity index (χ4v) is 1.53. The van der Waals surface area contributed by atoms with Gasteiger partial charge in [0.2, 0.25) is 5.75 Å². The average Bonchev–Trinajstić information content (AvgIpc) is 2.36. The summed E-state index contributed by atoms with van der Waals surface area (Å²) in [4.78, 5) is 11.0. The zero-order chi connectivity index (χ0) is 13.5. The van der Waals surface area contributed by atoms with Gasteiger partial charge in [-0.25, -0.2) is 0 Å². The summed E-state index contributed by atoms with van der Waals surface area (Å²) >= 11 is 4.10. The second-order valence-electron chi connectivity index (χ2n) is 3.43. The Morgan fingerprint density at radius 2 is 1.83 bits per heavy atom. The highest BCUT2D eigenvalue weighted by Gasteiger charge is 2.15. The molecule has 0 radical (unpaired) electrons. The third kappa shape index (κ3) is 3.70. The molecule has 0 saturated heterocycles. The van der Waals surface area contributed by atoms with Crippen LogP contribution in [0.15, 0.2) is 18.2 Å². The van der Waals surface area contributed by atoms with E-state index in [1.54, 1.807) is 12.1 Å². The predicted octanol–water partition coefficient (Wildman–Crippen LogP) is 2.57. The number of ether oxygens (including phenoxy) is 3. The lowest BCUT2D eigenvalue weighted by atomic mass is 10.1. The largest absolute Gasteiger partial charge is 0.493 e. The summed E-state index contributed by atoms with van der Waals surface area (Å²) in [6.45, 7) is 1.33. The first-order chi connectivity index (χ1) is 8.62. The predicted molar refractivity (Wildman–Crippen MR) is 73.7 cm³/mol. The van der Waals surface area contributed by atoms with Gasteiger partial charge >= 0.3 is 5.97 Å². The minimum atomic E-state index is -0.426. The second-order valence-corrected chi connectivity index (χ2v) is 3.80. The van der Waals surface area contributed by atoms with E-state index < -0.39 is 5.97 Å². The van der Waals surface area contributed by atoms with E-state index >= 15 is 0 Å². The van der Waals surface area contributed by atoms with Crippen molar-refractivity contribution in [3.05, 3.63) is 23.8 Å². The lowest BCUT2D eigenvalue weighted by molar-refractivity contribution is -0.132. The van der Waals surface area contributed by atoms with Gasteiger partial charge in [0.1, 0.15) is 0 Å². The van der Waals surface area contributed by atoms with Crippen molar-refractivity contribution in [2.45, 2.75) is 6.92 Å². The Bertz CT molecular complexity index is 429. The SMILES string of the molecule is COc1cc(C=CCS)cc(OC)c1OC(C)=O. The molecule has 0 heterocycles. The highest BCUT2D eigenvalue weighted by Crippen LogP contribution is 2.39. The Morgan fingerprint density at radius 3 is 2.22 bits per heavy atom. The minimum absolute atomic E-state index is 0.288. The molecule has 0 aliphatic rings. The Morgan fingerprint density at radius 1 is 1.28 bits per heavy atom. The molecule has 0 amide bonds. The van der Waals surface area contributed by atoms with Gasteiger partial charge in [-0.05, 0) is 17.7 Å². The quantitative estimate of drug-likeness (QED) is 0.506. The van der Waals surface area contributed by atoms with Crippen molar-refractivity contribution in [2.24, 2.45) is 0 Å². The zero-order valence-electron chi connectivity index (χ0n) is 10.6. The van der Waals surface area contributed by atoms with E-state index in [9.17, 15) is 4.79 Å². The maximum atomic E-state index is 11.0. The van der Waals surface area contributed by atoms with Gasteiger partial charge in [-0.2, -0.15) is 12.6 Å². The fraction of sp³-hybridized carbons (Fsp3) is 0.308. The highest BCUT2D eigenvalue weighted by molar-refractivity contribution is 7.80. The monoisotopic (exact) mass is 268 g/mol. The van der Waals surface area contributed by atoms with Crippen LogP contribution in [0.4, 0.5) is 0 Å². The van der Waals surface area contributed by atoms with Crippen molar-refractivity contribution in [3.8, 4) is 17.2 Å². The number of rotatable bonds is 5. The van der Waals surface area contributed by atoms with Gasteiger partial charge in [0.15, 0.2) is 11.5 Å². The minimum Gasteiger partial charge on any atom is -0.493 e. The van der Waals surface area contributed by atoms with E-state index in [0.717, 1.165) is 5.56 Å². The van der Waals surface area contributed by atoms with Gasteiger partial charge < -0.3 is 14.2 Å². The lowest BCUT2D eigenvalue weighted by Gasteiger charge is -2.13. The Kier molecular flexibility index (Phi) is 5.58. The molecular formula is C13H16O4S. The zero-order valence-corrected chi connectivity index (χ0v) is 11.5. The summed E-state index contributed by atoms with van der Waals surface area (Å²) in [6, 6.07) is 3.53. The standard InChI is InChI=1S/C13H16O4S/c1-9(14)17-13-11(15-2)7-10(5-4-6-18)8-12(13)16-3/h4-5,7-8,18H,6H2,1-3H3. The average molecular weight is 268 g/mol. The van der Waals surface area contributed by atoms with Crippen LogP contribution in [-0.4, -0.2) is 25.9 Å². The molecule has 18 heavy (non-hydrogen) atoms. The Hall–Kier alpha value is -1.62. The molecule has 0 aliphatic heterocycles. The molecule has 0 aliphatic carbocycles. The van der Waals surface area contributed by atoms with Crippen molar-refractivity contribution >= 4 is 24.7 Å². The Labute approximate surface area is 112 Å². The molecule has 98 valence electrons. The molecule has 0 unspecified atom stereocenters. The molecule has 0 atom stereocenters. The third-order valence-electron chi connectivity index (χ3n) is 2.14. The molecule has 4 nitrogen and oxygen atoms in total. The normalized spacial score (nSPS) is 10.4. The first kappa shape index (κ1) is 14.4. The molecule has 0 bridgehead atoms. The van der Waals surface area contributed by atoms with Crippen LogP contribution >= 0.6 is 12.6 Å². The van der Waals surface area contributed by atoms with Gasteiger partial charge in [0.05, 0.1) is 14.2 Å². The van der Waals surface area contributed by atoms with E-state index in [-0.39, 0.29) is 5.75 Å². The number of carbonyl (C=O) groups excluding carboxylic acids is 1. The van der Waals surface area contributed by atoms with Gasteiger partial charge in [-0.1, -0.05) is 12.2 Å². The number of hydrogen-bond acceptors (Lipinski definition) is 5. The number of thiol groups is 1. The molecule has 5 heteroatoms. The lowest BCUT2D eigenvalue weighted by Crippen LogP contribution is -2.05. The van der Waals surface area contributed by atoms with E-state index in [1.165, 1.54) is 21.1 Å². The first-order valence-corrected chi connectivity index (χ1v) is 5.97. The van der Waals surface area contributed by atoms with Gasteiger partial charge in [0, 0.05) is 12.7 Å². The number of benzene rings is 1. The molecule has 0 fully saturated rings. The smallest absolute Gasteiger partial charge is 0.308 e. The summed E-state index contributed by atoms with van der Waals surface area (Å²) < 4.78 is 15.5. The molecule has 1 aromatic carbocycles. The summed E-state index contributed by atoms with van der Waals surface area (Å²) in [5.74, 6) is 1.39. The number of hydrogen-bond donors (Lipinski definition) is 1. The van der Waals surface area contributed by atoms with Gasteiger partial charge in [-0.15, -0.1) is 0 Å². The van der Waals surface area contributed by atoms with Crippen LogP contribution in [0.25, 0.3) is 6.08 Å². The van der Waals surface area contributed by atoms with E-state index in [0.29, 0.717) is 17.3 Å². The van der Waals surface area contributed by atoms with Crippen LogP contribution in [0, 0.1) is 0 Å². The van der Waals surface area contributed by atoms with E-state index in [1.807, 2.05) is 12.2 Å². The third-order valence-corrected chi connectivity index (χ3v) is 2.36. The number of methoxy groups -OCH3 is 2. The number of carbonyl (C=O) groups is 1. The van der Waals surface area contributed by atoms with Gasteiger partial charge in [-0.3, -0.25) is 4.79 Å². The summed E-state index contributed by atoms with van der Waals surface area (Å²) in [7, 11) is 3.02. The summed E-state index contributed by atoms with van der Waals surface area (Å²) in [5, 5.41) is 0. The van der Waals surface area contributed by atoms with Crippen molar-refractivity contribution in [2.75, 3.05) is 20.0 Å².